The van der Waals surface area contributed by atoms with Crippen molar-refractivity contribution < 1.29 is 0 Å². The highest BCUT2D eigenvalue weighted by molar-refractivity contribution is 5.11. The average Bonchev–Trinajstić information content (AvgIpc) is 2.30. The van der Waals surface area contributed by atoms with E-state index in [0.29, 0.717) is 0 Å². The maximum atomic E-state index is 2.60. The number of hydrogen-bond acceptors (Lipinski definition) is 0. The molecule has 0 heteroatoms. The van der Waals surface area contributed by atoms with Gasteiger partial charge in [0.25, 0.3) is 0 Å². The van der Waals surface area contributed by atoms with Gasteiger partial charge in [-0.25, -0.2) is 0 Å². The van der Waals surface area contributed by atoms with Crippen LogP contribution in [0.5, 0.6) is 0 Å². The van der Waals surface area contributed by atoms with Gasteiger partial charge in [-0.2, -0.15) is 0 Å². The van der Waals surface area contributed by atoms with Gasteiger partial charge in [0.2, 0.25) is 0 Å². The summed E-state index contributed by atoms with van der Waals surface area (Å²) in [5.41, 5.74) is 1.83. The van der Waals surface area contributed by atoms with E-state index in [2.05, 4.69) is 19.9 Å². The molecule has 1 fully saturated rings. The van der Waals surface area contributed by atoms with Crippen LogP contribution in [0.4, 0.5) is 0 Å². The molecular formula is C15H26. The Kier molecular flexibility index (Phi) is 3.88. The van der Waals surface area contributed by atoms with E-state index < -0.39 is 0 Å². The second-order valence-electron chi connectivity index (χ2n) is 5.78. The van der Waals surface area contributed by atoms with Crippen molar-refractivity contribution in [2.24, 2.45) is 17.8 Å². The summed E-state index contributed by atoms with van der Waals surface area (Å²) in [4.78, 5) is 0. The molecule has 0 bridgehead atoms. The van der Waals surface area contributed by atoms with Crippen molar-refractivity contribution in [1.29, 1.82) is 0 Å². The summed E-state index contributed by atoms with van der Waals surface area (Å²) in [5.74, 6) is 2.96. The molecule has 0 N–H and O–H groups in total. The third kappa shape index (κ3) is 2.86. The second kappa shape index (κ2) is 5.18. The van der Waals surface area contributed by atoms with Gasteiger partial charge in [-0.15, -0.1) is 0 Å². The summed E-state index contributed by atoms with van der Waals surface area (Å²) >= 11 is 0. The van der Waals surface area contributed by atoms with Gasteiger partial charge in [-0.1, -0.05) is 44.8 Å². The van der Waals surface area contributed by atoms with Crippen molar-refractivity contribution in [3.05, 3.63) is 11.6 Å². The molecule has 15 heavy (non-hydrogen) atoms. The molecule has 0 aromatic carbocycles. The van der Waals surface area contributed by atoms with Crippen LogP contribution in [-0.4, -0.2) is 0 Å². The van der Waals surface area contributed by atoms with E-state index in [4.69, 9.17) is 0 Å². The van der Waals surface area contributed by atoms with Crippen molar-refractivity contribution in [1.82, 2.24) is 0 Å². The van der Waals surface area contributed by atoms with Crippen molar-refractivity contribution in [2.75, 3.05) is 0 Å². The number of allylic oxidation sites excluding steroid dienone is 2. The van der Waals surface area contributed by atoms with Crippen LogP contribution in [0, 0.1) is 17.8 Å². The summed E-state index contributed by atoms with van der Waals surface area (Å²) in [5, 5.41) is 0. The Morgan fingerprint density at radius 1 is 1.13 bits per heavy atom. The van der Waals surface area contributed by atoms with E-state index in [0.717, 1.165) is 17.8 Å². The zero-order valence-electron chi connectivity index (χ0n) is 10.5. The lowest BCUT2D eigenvalue weighted by molar-refractivity contribution is 0.305. The lowest BCUT2D eigenvalue weighted by Crippen LogP contribution is -2.17. The molecule has 2 rings (SSSR count). The lowest BCUT2D eigenvalue weighted by Gasteiger charge is -2.31. The molecule has 2 aliphatic rings. The maximum Gasteiger partial charge on any atom is -0.0203 e. The summed E-state index contributed by atoms with van der Waals surface area (Å²) in [7, 11) is 0. The monoisotopic (exact) mass is 206 g/mol. The first-order valence-electron chi connectivity index (χ1n) is 6.98. The molecule has 1 atom stereocenters. The zero-order chi connectivity index (χ0) is 10.7. The topological polar surface area (TPSA) is 0 Å². The van der Waals surface area contributed by atoms with Crippen LogP contribution in [-0.2, 0) is 0 Å². The lowest BCUT2D eigenvalue weighted by atomic mass is 9.75. The number of rotatable bonds is 2. The van der Waals surface area contributed by atoms with E-state index >= 15 is 0 Å². The third-order valence-corrected chi connectivity index (χ3v) is 4.67. The number of hydrogen-bond donors (Lipinski definition) is 0. The Bertz CT molecular complexity index is 218. The minimum absolute atomic E-state index is 0.971. The highest BCUT2D eigenvalue weighted by atomic mass is 14.3. The SMILES string of the molecule is CCC1CC=C(C2CCC(C)CC2)CC1. The molecule has 0 aromatic heterocycles. The Labute approximate surface area is 95.1 Å². The van der Waals surface area contributed by atoms with Crippen molar-refractivity contribution >= 4 is 0 Å². The minimum atomic E-state index is 0.971. The predicted molar refractivity (Wildman–Crippen MR) is 66.8 cm³/mol. The van der Waals surface area contributed by atoms with Crippen LogP contribution in [0.3, 0.4) is 0 Å². The van der Waals surface area contributed by atoms with E-state index in [-0.39, 0.29) is 0 Å². The van der Waals surface area contributed by atoms with E-state index in [9.17, 15) is 0 Å². The van der Waals surface area contributed by atoms with Crippen LogP contribution < -0.4 is 0 Å². The smallest absolute Gasteiger partial charge is 0.0203 e. The Balaban J connectivity index is 1.86. The Morgan fingerprint density at radius 3 is 2.40 bits per heavy atom. The van der Waals surface area contributed by atoms with Crippen molar-refractivity contribution in [3.8, 4) is 0 Å². The molecule has 2 aliphatic carbocycles. The highest BCUT2D eigenvalue weighted by Gasteiger charge is 2.23. The van der Waals surface area contributed by atoms with Gasteiger partial charge in [-0.05, 0) is 49.9 Å². The Morgan fingerprint density at radius 2 is 1.87 bits per heavy atom. The van der Waals surface area contributed by atoms with Gasteiger partial charge in [0.15, 0.2) is 0 Å². The van der Waals surface area contributed by atoms with Gasteiger partial charge in [0.05, 0.1) is 0 Å². The van der Waals surface area contributed by atoms with Gasteiger partial charge in [-0.3, -0.25) is 0 Å². The molecule has 1 saturated carbocycles. The summed E-state index contributed by atoms with van der Waals surface area (Å²) < 4.78 is 0. The first-order valence-corrected chi connectivity index (χ1v) is 6.98. The van der Waals surface area contributed by atoms with Crippen LogP contribution in [0.25, 0.3) is 0 Å². The zero-order valence-corrected chi connectivity index (χ0v) is 10.5. The normalized spacial score (nSPS) is 37.5. The fraction of sp³-hybridized carbons (Fsp3) is 0.867. The van der Waals surface area contributed by atoms with E-state index in [1.807, 2.05) is 5.57 Å². The van der Waals surface area contributed by atoms with Crippen LogP contribution in [0.1, 0.15) is 65.2 Å². The molecular weight excluding hydrogens is 180 g/mol. The molecule has 0 saturated heterocycles. The molecule has 0 heterocycles. The van der Waals surface area contributed by atoms with Crippen LogP contribution in [0.15, 0.2) is 11.6 Å². The molecule has 0 amide bonds. The first kappa shape index (κ1) is 11.2. The minimum Gasteiger partial charge on any atom is -0.0848 e. The quantitative estimate of drug-likeness (QED) is 0.561. The summed E-state index contributed by atoms with van der Waals surface area (Å²) in [6, 6.07) is 0. The van der Waals surface area contributed by atoms with Gasteiger partial charge in [0.1, 0.15) is 0 Å². The third-order valence-electron chi connectivity index (χ3n) is 4.67. The van der Waals surface area contributed by atoms with Gasteiger partial charge >= 0.3 is 0 Å². The molecule has 0 spiro atoms. The summed E-state index contributed by atoms with van der Waals surface area (Å²) in [6.07, 6.45) is 14.1. The summed E-state index contributed by atoms with van der Waals surface area (Å²) in [6.45, 7) is 4.75. The van der Waals surface area contributed by atoms with Gasteiger partial charge in [0, 0.05) is 0 Å². The average molecular weight is 206 g/mol. The predicted octanol–water partition coefficient (Wildman–Crippen LogP) is 4.95. The standard InChI is InChI=1S/C15H26/c1-3-13-6-10-15(11-7-13)14-8-4-12(2)5-9-14/h10,12-14H,3-9,11H2,1-2H3. The fourth-order valence-electron chi connectivity index (χ4n) is 3.28. The highest BCUT2D eigenvalue weighted by Crippen LogP contribution is 2.38. The van der Waals surface area contributed by atoms with E-state index in [1.54, 1.807) is 0 Å². The second-order valence-corrected chi connectivity index (χ2v) is 5.78. The van der Waals surface area contributed by atoms with E-state index in [1.165, 1.54) is 51.4 Å². The first-order chi connectivity index (χ1) is 7.29. The molecule has 0 aliphatic heterocycles. The van der Waals surface area contributed by atoms with Crippen LogP contribution >= 0.6 is 0 Å². The maximum absolute atomic E-state index is 2.60. The largest absolute Gasteiger partial charge is 0.0848 e. The molecule has 1 unspecified atom stereocenters. The van der Waals surface area contributed by atoms with Gasteiger partial charge < -0.3 is 0 Å². The molecule has 0 nitrogen and oxygen atoms in total. The van der Waals surface area contributed by atoms with Crippen LogP contribution in [0.2, 0.25) is 0 Å². The van der Waals surface area contributed by atoms with Crippen molar-refractivity contribution in [2.45, 2.75) is 65.2 Å². The van der Waals surface area contributed by atoms with Crippen molar-refractivity contribution in [3.63, 3.8) is 0 Å². The molecule has 0 radical (unpaired) electrons. The fourth-order valence-corrected chi connectivity index (χ4v) is 3.28. The molecule has 0 aromatic rings. The molecule has 86 valence electrons. The Hall–Kier alpha value is -0.260.